The van der Waals surface area contributed by atoms with Gasteiger partial charge in [-0.1, -0.05) is 71.5 Å². The molecule has 4 aromatic rings. The second kappa shape index (κ2) is 8.86. The Morgan fingerprint density at radius 2 is 1.77 bits per heavy atom. The van der Waals surface area contributed by atoms with Gasteiger partial charge < -0.3 is 4.74 Å². The van der Waals surface area contributed by atoms with Gasteiger partial charge in [-0.3, -0.25) is 9.69 Å². The maximum atomic E-state index is 13.3. The molecule has 1 heterocycles. The number of halogens is 1. The predicted molar refractivity (Wildman–Crippen MR) is 124 cm³/mol. The predicted octanol–water partition coefficient (Wildman–Crippen LogP) is 6.04. The van der Waals surface area contributed by atoms with Gasteiger partial charge in [0.05, 0.1) is 35.3 Å². The van der Waals surface area contributed by atoms with Crippen molar-refractivity contribution in [1.82, 2.24) is 4.98 Å². The van der Waals surface area contributed by atoms with Gasteiger partial charge in [-0.2, -0.15) is 0 Å². The number of amides is 1. The fraction of sp³-hybridized carbons (Fsp3) is 0.167. The molecule has 4 nitrogen and oxygen atoms in total. The van der Waals surface area contributed by atoms with E-state index in [1.165, 1.54) is 11.3 Å². The molecule has 0 spiro atoms. The number of methoxy groups -OCH3 is 1. The van der Waals surface area contributed by atoms with Gasteiger partial charge in [0.15, 0.2) is 5.13 Å². The first-order chi connectivity index (χ1) is 14.5. The molecular weight excluding hydrogens is 416 g/mol. The Hall–Kier alpha value is -2.89. The summed E-state index contributed by atoms with van der Waals surface area (Å²) in [5.74, 6) is 0.750. The number of rotatable bonds is 6. The minimum Gasteiger partial charge on any atom is -0.497 e. The molecule has 0 bridgehead atoms. The monoisotopic (exact) mass is 436 g/mol. The highest BCUT2D eigenvalue weighted by molar-refractivity contribution is 7.23. The summed E-state index contributed by atoms with van der Waals surface area (Å²) in [4.78, 5) is 19.9. The summed E-state index contributed by atoms with van der Waals surface area (Å²) in [6.45, 7) is 2.45. The topological polar surface area (TPSA) is 42.4 Å². The van der Waals surface area contributed by atoms with E-state index in [1.807, 2.05) is 73.7 Å². The summed E-state index contributed by atoms with van der Waals surface area (Å²) in [5.41, 5.74) is 3.86. The molecule has 0 atom stereocenters. The van der Waals surface area contributed by atoms with Crippen LogP contribution in [0.4, 0.5) is 5.13 Å². The molecule has 1 aromatic heterocycles. The second-order valence-electron chi connectivity index (χ2n) is 7.03. The van der Waals surface area contributed by atoms with E-state index in [1.54, 1.807) is 12.0 Å². The first kappa shape index (κ1) is 20.4. The van der Waals surface area contributed by atoms with Crippen molar-refractivity contribution in [2.45, 2.75) is 19.9 Å². The third-order valence-corrected chi connectivity index (χ3v) is 6.45. The van der Waals surface area contributed by atoms with Crippen LogP contribution in [0.25, 0.3) is 10.2 Å². The Balaban J connectivity index is 1.69. The van der Waals surface area contributed by atoms with Gasteiger partial charge in [-0.05, 0) is 41.8 Å². The lowest BCUT2D eigenvalue weighted by Gasteiger charge is -2.20. The van der Waals surface area contributed by atoms with Crippen LogP contribution in [0.2, 0.25) is 5.02 Å². The number of anilines is 1. The maximum absolute atomic E-state index is 13.3. The molecule has 0 radical (unpaired) electrons. The molecular formula is C24H21ClN2O2S. The van der Waals surface area contributed by atoms with Gasteiger partial charge in [0.1, 0.15) is 5.75 Å². The number of carbonyl (C=O) groups excluding carboxylic acids is 1. The molecule has 0 aliphatic heterocycles. The van der Waals surface area contributed by atoms with Crippen molar-refractivity contribution in [1.29, 1.82) is 0 Å². The van der Waals surface area contributed by atoms with Crippen LogP contribution in [0.5, 0.6) is 5.75 Å². The SMILES string of the molecule is COc1ccc(CC(=O)N(Cc2ccccc2)c2nc3c(C)ccc(Cl)c3s2)cc1. The van der Waals surface area contributed by atoms with Gasteiger partial charge in [0.25, 0.3) is 0 Å². The summed E-state index contributed by atoms with van der Waals surface area (Å²) >= 11 is 7.85. The van der Waals surface area contributed by atoms with E-state index in [4.69, 9.17) is 21.3 Å². The third kappa shape index (κ3) is 4.32. The maximum Gasteiger partial charge on any atom is 0.233 e. The number of nitrogens with zero attached hydrogens (tertiary/aromatic N) is 2. The highest BCUT2D eigenvalue weighted by Crippen LogP contribution is 2.36. The summed E-state index contributed by atoms with van der Waals surface area (Å²) in [6.07, 6.45) is 0.277. The summed E-state index contributed by atoms with van der Waals surface area (Å²) in [6, 6.07) is 21.3. The Kier molecular flexibility index (Phi) is 6.02. The molecule has 0 aliphatic rings. The van der Waals surface area contributed by atoms with Gasteiger partial charge in [-0.15, -0.1) is 0 Å². The molecule has 0 unspecified atom stereocenters. The Morgan fingerprint density at radius 3 is 2.43 bits per heavy atom. The summed E-state index contributed by atoms with van der Waals surface area (Å²) in [5, 5.41) is 1.31. The third-order valence-electron chi connectivity index (χ3n) is 4.92. The number of ether oxygens (including phenoxy) is 1. The molecule has 0 fully saturated rings. The van der Waals surface area contributed by atoms with Crippen molar-refractivity contribution in [3.05, 3.63) is 88.4 Å². The minimum absolute atomic E-state index is 0.0168. The van der Waals surface area contributed by atoms with Gasteiger partial charge in [-0.25, -0.2) is 4.98 Å². The molecule has 0 saturated carbocycles. The average molecular weight is 437 g/mol. The van der Waals surface area contributed by atoms with Crippen molar-refractivity contribution >= 4 is 44.2 Å². The highest BCUT2D eigenvalue weighted by atomic mass is 35.5. The highest BCUT2D eigenvalue weighted by Gasteiger charge is 2.22. The van der Waals surface area contributed by atoms with Gasteiger partial charge >= 0.3 is 0 Å². The average Bonchev–Trinajstić information content (AvgIpc) is 3.22. The number of benzene rings is 3. The van der Waals surface area contributed by atoms with Crippen molar-refractivity contribution < 1.29 is 9.53 Å². The zero-order valence-electron chi connectivity index (χ0n) is 16.8. The lowest BCUT2D eigenvalue weighted by atomic mass is 10.1. The van der Waals surface area contributed by atoms with Crippen LogP contribution >= 0.6 is 22.9 Å². The van der Waals surface area contributed by atoms with E-state index < -0.39 is 0 Å². The molecule has 0 saturated heterocycles. The summed E-state index contributed by atoms with van der Waals surface area (Å²) < 4.78 is 6.11. The number of hydrogen-bond donors (Lipinski definition) is 0. The largest absolute Gasteiger partial charge is 0.497 e. The van der Waals surface area contributed by atoms with Crippen LogP contribution in [0, 0.1) is 6.92 Å². The molecule has 4 rings (SSSR count). The van der Waals surface area contributed by atoms with Crippen molar-refractivity contribution in [3.63, 3.8) is 0 Å². The number of fused-ring (bicyclic) bond motifs is 1. The van der Waals surface area contributed by atoms with Crippen molar-refractivity contribution in [2.75, 3.05) is 12.0 Å². The van der Waals surface area contributed by atoms with Crippen molar-refractivity contribution in [2.24, 2.45) is 0 Å². The van der Waals surface area contributed by atoms with Crippen LogP contribution in [0.15, 0.2) is 66.7 Å². The normalized spacial score (nSPS) is 10.9. The molecule has 30 heavy (non-hydrogen) atoms. The van der Waals surface area contributed by atoms with E-state index in [9.17, 15) is 4.79 Å². The first-order valence-corrected chi connectivity index (χ1v) is 10.8. The van der Waals surface area contributed by atoms with E-state index in [2.05, 4.69) is 0 Å². The van der Waals surface area contributed by atoms with Crippen LogP contribution in [-0.2, 0) is 17.8 Å². The Bertz CT molecular complexity index is 1130. The second-order valence-corrected chi connectivity index (χ2v) is 8.41. The lowest BCUT2D eigenvalue weighted by molar-refractivity contribution is -0.118. The van der Waals surface area contributed by atoms with E-state index in [0.717, 1.165) is 32.7 Å². The zero-order valence-corrected chi connectivity index (χ0v) is 18.3. The van der Waals surface area contributed by atoms with Crippen LogP contribution in [0.3, 0.4) is 0 Å². The quantitative estimate of drug-likeness (QED) is 0.370. The Morgan fingerprint density at radius 1 is 1.03 bits per heavy atom. The first-order valence-electron chi connectivity index (χ1n) is 9.58. The van der Waals surface area contributed by atoms with Crippen molar-refractivity contribution in [3.8, 4) is 5.75 Å². The van der Waals surface area contributed by atoms with E-state index >= 15 is 0 Å². The molecule has 1 amide bonds. The van der Waals surface area contributed by atoms with Crippen LogP contribution in [-0.4, -0.2) is 18.0 Å². The zero-order chi connectivity index (χ0) is 21.1. The molecule has 6 heteroatoms. The number of carbonyl (C=O) groups is 1. The molecule has 3 aromatic carbocycles. The molecule has 152 valence electrons. The standard InChI is InChI=1S/C24H21ClN2O2S/c1-16-8-13-20(25)23-22(16)26-24(30-23)27(15-18-6-4-3-5-7-18)21(28)14-17-9-11-19(29-2)12-10-17/h3-13H,14-15H2,1-2H3. The van der Waals surface area contributed by atoms with E-state index in [0.29, 0.717) is 16.7 Å². The van der Waals surface area contributed by atoms with Crippen LogP contribution < -0.4 is 9.64 Å². The number of thiazole rings is 1. The number of hydrogen-bond acceptors (Lipinski definition) is 4. The fourth-order valence-electron chi connectivity index (χ4n) is 3.25. The Labute approximate surface area is 184 Å². The minimum atomic E-state index is -0.0168. The lowest BCUT2D eigenvalue weighted by Crippen LogP contribution is -2.31. The number of aromatic nitrogens is 1. The smallest absolute Gasteiger partial charge is 0.233 e. The molecule has 0 aliphatic carbocycles. The number of aryl methyl sites for hydroxylation is 1. The van der Waals surface area contributed by atoms with Gasteiger partial charge in [0.2, 0.25) is 5.91 Å². The summed E-state index contributed by atoms with van der Waals surface area (Å²) in [7, 11) is 1.63. The fourth-order valence-corrected chi connectivity index (χ4v) is 4.58. The van der Waals surface area contributed by atoms with Crippen LogP contribution in [0.1, 0.15) is 16.7 Å². The van der Waals surface area contributed by atoms with Gasteiger partial charge in [0, 0.05) is 0 Å². The molecule has 0 N–H and O–H groups in total. The van der Waals surface area contributed by atoms with E-state index in [-0.39, 0.29) is 12.3 Å².